The molecule has 1 aliphatic rings. The first kappa shape index (κ1) is 29.3. The third-order valence-corrected chi connectivity index (χ3v) is 8.15. The summed E-state index contributed by atoms with van der Waals surface area (Å²) in [7, 11) is 0. The number of carbonyl (C=O) groups excluding carboxylic acids is 1. The van der Waals surface area contributed by atoms with Crippen LogP contribution in [0.2, 0.25) is 10.0 Å². The molecule has 0 atom stereocenters. The van der Waals surface area contributed by atoms with Gasteiger partial charge in [0.25, 0.3) is 5.91 Å². The molecule has 1 N–H and O–H groups in total. The van der Waals surface area contributed by atoms with E-state index >= 15 is 0 Å². The van der Waals surface area contributed by atoms with Gasteiger partial charge in [-0.05, 0) is 114 Å². The van der Waals surface area contributed by atoms with Crippen LogP contribution >= 0.6 is 57.6 Å². The van der Waals surface area contributed by atoms with E-state index in [4.69, 9.17) is 42.8 Å². The van der Waals surface area contributed by atoms with E-state index in [1.165, 1.54) is 16.7 Å². The second-order valence-electron chi connectivity index (χ2n) is 8.46. The van der Waals surface area contributed by atoms with Gasteiger partial charge in [-0.1, -0.05) is 35.3 Å². The minimum Gasteiger partial charge on any atom is -0.490 e. The standard InChI is InChI=1S/C28H23Cl2IN2O5S/c1-4-37-23-10-17(9-22(31)26(23)38-14-25(34)35)11-24-27(36)33(19-8-6-16(3)21(30)13-19)28(39-24)32-18-7-5-15(2)20(29)12-18/h5-13H,4,14H2,1-3H3,(H,34,35)/b24-11+,32-28?. The fraction of sp³-hybridized carbons (Fsp3) is 0.179. The molecule has 1 amide bonds. The number of carboxylic acids is 1. The smallest absolute Gasteiger partial charge is 0.341 e. The Labute approximate surface area is 253 Å². The molecular formula is C28H23Cl2IN2O5S. The Morgan fingerprint density at radius 3 is 2.41 bits per heavy atom. The number of aliphatic carboxylic acids is 1. The maximum absolute atomic E-state index is 13.7. The molecule has 0 radical (unpaired) electrons. The minimum atomic E-state index is -1.09. The average molecular weight is 697 g/mol. The average Bonchev–Trinajstić information content (AvgIpc) is 3.17. The molecule has 4 rings (SSSR count). The van der Waals surface area contributed by atoms with Gasteiger partial charge in [-0.15, -0.1) is 0 Å². The maximum atomic E-state index is 13.7. The van der Waals surface area contributed by atoms with Crippen LogP contribution in [0.3, 0.4) is 0 Å². The Balaban J connectivity index is 1.78. The highest BCUT2D eigenvalue weighted by Gasteiger charge is 2.35. The Morgan fingerprint density at radius 2 is 1.77 bits per heavy atom. The number of nitrogens with zero attached hydrogens (tertiary/aromatic N) is 2. The first-order chi connectivity index (χ1) is 18.6. The van der Waals surface area contributed by atoms with Crippen molar-refractivity contribution >= 4 is 92.0 Å². The summed E-state index contributed by atoms with van der Waals surface area (Å²) in [4.78, 5) is 31.5. The molecule has 1 saturated heterocycles. The summed E-state index contributed by atoms with van der Waals surface area (Å²) in [5, 5.41) is 10.6. The summed E-state index contributed by atoms with van der Waals surface area (Å²) in [6.45, 7) is 5.47. The van der Waals surface area contributed by atoms with Gasteiger partial charge in [0.15, 0.2) is 23.3 Å². The Kier molecular flexibility index (Phi) is 9.47. The number of rotatable bonds is 8. The van der Waals surface area contributed by atoms with E-state index in [2.05, 4.69) is 22.6 Å². The van der Waals surface area contributed by atoms with Crippen molar-refractivity contribution in [3.8, 4) is 11.5 Å². The van der Waals surface area contributed by atoms with Gasteiger partial charge in [0.1, 0.15) is 0 Å². The van der Waals surface area contributed by atoms with E-state index in [1.807, 2.05) is 45.0 Å². The Morgan fingerprint density at radius 1 is 1.08 bits per heavy atom. The van der Waals surface area contributed by atoms with Crippen LogP contribution in [-0.4, -0.2) is 35.4 Å². The third kappa shape index (κ3) is 6.89. The van der Waals surface area contributed by atoms with Gasteiger partial charge in [0.2, 0.25) is 0 Å². The van der Waals surface area contributed by atoms with Gasteiger partial charge in [-0.2, -0.15) is 0 Å². The molecule has 11 heteroatoms. The second-order valence-corrected chi connectivity index (χ2v) is 11.4. The lowest BCUT2D eigenvalue weighted by atomic mass is 10.1. The van der Waals surface area contributed by atoms with Gasteiger partial charge in [-0.25, -0.2) is 9.79 Å². The molecule has 39 heavy (non-hydrogen) atoms. The summed E-state index contributed by atoms with van der Waals surface area (Å²) in [6, 6.07) is 14.4. The van der Waals surface area contributed by atoms with E-state index in [0.29, 0.717) is 58.7 Å². The summed E-state index contributed by atoms with van der Waals surface area (Å²) in [5.41, 5.74) is 3.70. The van der Waals surface area contributed by atoms with Gasteiger partial charge in [0, 0.05) is 10.0 Å². The van der Waals surface area contributed by atoms with Crippen molar-refractivity contribution in [2.45, 2.75) is 20.8 Å². The molecule has 3 aromatic rings. The first-order valence-electron chi connectivity index (χ1n) is 11.7. The van der Waals surface area contributed by atoms with Crippen LogP contribution in [0.15, 0.2) is 58.4 Å². The lowest BCUT2D eigenvalue weighted by Gasteiger charge is -2.17. The quantitative estimate of drug-likeness (QED) is 0.190. The molecule has 0 unspecified atom stereocenters. The van der Waals surface area contributed by atoms with Crippen LogP contribution in [0, 0.1) is 17.4 Å². The number of hydrogen-bond acceptors (Lipinski definition) is 6. The van der Waals surface area contributed by atoms with Crippen molar-refractivity contribution in [3.63, 3.8) is 0 Å². The molecule has 1 fully saturated rings. The minimum absolute atomic E-state index is 0.268. The largest absolute Gasteiger partial charge is 0.490 e. The van der Waals surface area contributed by atoms with Crippen molar-refractivity contribution in [2.24, 2.45) is 4.99 Å². The summed E-state index contributed by atoms with van der Waals surface area (Å²) in [6.07, 6.45) is 1.74. The zero-order valence-electron chi connectivity index (χ0n) is 21.1. The summed E-state index contributed by atoms with van der Waals surface area (Å²) in [5.74, 6) is -0.637. The number of thioether (sulfide) groups is 1. The number of amidine groups is 1. The van der Waals surface area contributed by atoms with Crippen molar-refractivity contribution in [1.29, 1.82) is 0 Å². The molecule has 1 aliphatic heterocycles. The number of benzene rings is 3. The fourth-order valence-electron chi connectivity index (χ4n) is 3.62. The predicted molar refractivity (Wildman–Crippen MR) is 166 cm³/mol. The number of halogens is 3. The number of amides is 1. The lowest BCUT2D eigenvalue weighted by Crippen LogP contribution is -2.28. The third-order valence-electron chi connectivity index (χ3n) is 5.57. The molecule has 202 valence electrons. The number of hydrogen-bond donors (Lipinski definition) is 1. The summed E-state index contributed by atoms with van der Waals surface area (Å²) < 4.78 is 11.8. The first-order valence-corrected chi connectivity index (χ1v) is 14.4. The van der Waals surface area contributed by atoms with Gasteiger partial charge in [-0.3, -0.25) is 9.69 Å². The molecule has 0 saturated carbocycles. The van der Waals surface area contributed by atoms with Crippen molar-refractivity contribution in [2.75, 3.05) is 18.1 Å². The fourth-order valence-corrected chi connectivity index (χ4v) is 5.75. The van der Waals surface area contributed by atoms with Crippen LogP contribution in [0.25, 0.3) is 6.08 Å². The molecular weight excluding hydrogens is 674 g/mol. The molecule has 3 aromatic carbocycles. The molecule has 0 spiro atoms. The monoisotopic (exact) mass is 696 g/mol. The van der Waals surface area contributed by atoms with E-state index in [-0.39, 0.29) is 5.91 Å². The zero-order chi connectivity index (χ0) is 28.3. The molecule has 0 aromatic heterocycles. The van der Waals surface area contributed by atoms with E-state index in [0.717, 1.165) is 11.1 Å². The number of carbonyl (C=O) groups is 2. The second kappa shape index (κ2) is 12.6. The molecule has 7 nitrogen and oxygen atoms in total. The van der Waals surface area contributed by atoms with Crippen molar-refractivity contribution in [1.82, 2.24) is 0 Å². The lowest BCUT2D eigenvalue weighted by molar-refractivity contribution is -0.139. The topological polar surface area (TPSA) is 88.4 Å². The van der Waals surface area contributed by atoms with Crippen molar-refractivity contribution < 1.29 is 24.2 Å². The van der Waals surface area contributed by atoms with E-state index < -0.39 is 12.6 Å². The van der Waals surface area contributed by atoms with Gasteiger partial charge >= 0.3 is 5.97 Å². The maximum Gasteiger partial charge on any atom is 0.341 e. The number of ether oxygens (including phenoxy) is 2. The predicted octanol–water partition coefficient (Wildman–Crippen LogP) is 7.89. The van der Waals surface area contributed by atoms with Crippen molar-refractivity contribution in [3.05, 3.63) is 83.7 Å². The SMILES string of the molecule is CCOc1cc(/C=C2/SC(=Nc3ccc(C)c(Cl)c3)N(c3ccc(C)c(Cl)c3)C2=O)cc(I)c1OCC(=O)O. The number of carboxylic acid groups (broad SMARTS) is 1. The van der Waals surface area contributed by atoms with Crippen LogP contribution in [-0.2, 0) is 9.59 Å². The number of anilines is 1. The molecule has 0 bridgehead atoms. The van der Waals surface area contributed by atoms with Gasteiger partial charge < -0.3 is 14.6 Å². The highest BCUT2D eigenvalue weighted by atomic mass is 127. The normalized spacial score (nSPS) is 15.3. The highest BCUT2D eigenvalue weighted by Crippen LogP contribution is 2.40. The highest BCUT2D eigenvalue weighted by molar-refractivity contribution is 14.1. The number of aryl methyl sites for hydroxylation is 2. The van der Waals surface area contributed by atoms with Crippen LogP contribution in [0.5, 0.6) is 11.5 Å². The van der Waals surface area contributed by atoms with Gasteiger partial charge in [0.05, 0.1) is 26.5 Å². The Bertz CT molecular complexity index is 1530. The molecule has 1 heterocycles. The Hall–Kier alpha value is -2.73. The summed E-state index contributed by atoms with van der Waals surface area (Å²) >= 11 is 16.0. The molecule has 0 aliphatic carbocycles. The van der Waals surface area contributed by atoms with E-state index in [1.54, 1.807) is 30.3 Å². The van der Waals surface area contributed by atoms with Crippen LogP contribution < -0.4 is 14.4 Å². The van der Waals surface area contributed by atoms with Crippen LogP contribution in [0.1, 0.15) is 23.6 Å². The van der Waals surface area contributed by atoms with Crippen LogP contribution in [0.4, 0.5) is 11.4 Å². The van der Waals surface area contributed by atoms with E-state index in [9.17, 15) is 9.59 Å². The zero-order valence-corrected chi connectivity index (χ0v) is 25.6. The number of aliphatic imine (C=N–C) groups is 1.